The van der Waals surface area contributed by atoms with Crippen LogP contribution in [0.2, 0.25) is 0 Å². The Balaban J connectivity index is 2.70. The monoisotopic (exact) mass is 189 g/mol. The quantitative estimate of drug-likeness (QED) is 0.519. The van der Waals surface area contributed by atoms with Gasteiger partial charge < -0.3 is 20.7 Å². The predicted octanol–water partition coefficient (Wildman–Crippen LogP) is -0.521. The van der Waals surface area contributed by atoms with E-state index in [9.17, 15) is 10.2 Å². The third kappa shape index (κ3) is 2.02. The smallest absolute Gasteiger partial charge is 0.108 e. The van der Waals surface area contributed by atoms with Gasteiger partial charge in [-0.15, -0.1) is 0 Å². The van der Waals surface area contributed by atoms with Crippen molar-refractivity contribution >= 4 is 0 Å². The van der Waals surface area contributed by atoms with E-state index in [1.54, 1.807) is 0 Å². The summed E-state index contributed by atoms with van der Waals surface area (Å²) in [5.74, 6) is 0.180. The first-order chi connectivity index (χ1) is 5.95. The van der Waals surface area contributed by atoms with E-state index in [0.29, 0.717) is 0 Å². The Morgan fingerprint density at radius 3 is 2.23 bits per heavy atom. The zero-order chi connectivity index (χ0) is 10.2. The van der Waals surface area contributed by atoms with Gasteiger partial charge in [-0.25, -0.2) is 0 Å². The third-order valence-electron chi connectivity index (χ3n) is 2.65. The molecule has 4 heteroatoms. The molecule has 0 aromatic heterocycles. The Morgan fingerprint density at radius 1 is 1.23 bits per heavy atom. The maximum Gasteiger partial charge on any atom is 0.108 e. The van der Waals surface area contributed by atoms with Crippen LogP contribution in [-0.4, -0.2) is 40.7 Å². The fourth-order valence-corrected chi connectivity index (χ4v) is 1.67. The molecule has 0 aromatic rings. The van der Waals surface area contributed by atoms with E-state index in [0.717, 1.165) is 0 Å². The number of nitrogens with two attached hydrogens (primary N) is 1. The summed E-state index contributed by atoms with van der Waals surface area (Å²) in [4.78, 5) is 0. The van der Waals surface area contributed by atoms with Gasteiger partial charge in [0.2, 0.25) is 0 Å². The minimum atomic E-state index is -0.879. The molecule has 0 spiro atoms. The molecule has 1 heterocycles. The molecule has 1 rings (SSSR count). The van der Waals surface area contributed by atoms with Gasteiger partial charge in [0, 0.05) is 0 Å². The predicted molar refractivity (Wildman–Crippen MR) is 49.2 cm³/mol. The minimum absolute atomic E-state index is 0.180. The highest BCUT2D eigenvalue weighted by Crippen LogP contribution is 2.24. The van der Waals surface area contributed by atoms with Crippen molar-refractivity contribution in [2.75, 3.05) is 0 Å². The van der Waals surface area contributed by atoms with Crippen LogP contribution in [0.4, 0.5) is 0 Å². The molecule has 1 aliphatic rings. The summed E-state index contributed by atoms with van der Waals surface area (Å²) in [5, 5.41) is 19.2. The molecule has 0 radical (unpaired) electrons. The van der Waals surface area contributed by atoms with E-state index in [2.05, 4.69) is 0 Å². The van der Waals surface area contributed by atoms with Crippen LogP contribution in [-0.2, 0) is 4.74 Å². The van der Waals surface area contributed by atoms with Crippen molar-refractivity contribution < 1.29 is 14.9 Å². The second-order valence-corrected chi connectivity index (χ2v) is 4.11. The lowest BCUT2D eigenvalue weighted by Gasteiger charge is -2.41. The van der Waals surface area contributed by atoms with Gasteiger partial charge in [0.25, 0.3) is 0 Å². The van der Waals surface area contributed by atoms with E-state index < -0.39 is 18.2 Å². The van der Waals surface area contributed by atoms with Crippen molar-refractivity contribution in [3.05, 3.63) is 0 Å². The highest BCUT2D eigenvalue weighted by molar-refractivity contribution is 4.93. The summed E-state index contributed by atoms with van der Waals surface area (Å²) >= 11 is 0. The molecule has 1 fully saturated rings. The molecule has 4 nitrogen and oxygen atoms in total. The topological polar surface area (TPSA) is 75.7 Å². The van der Waals surface area contributed by atoms with Crippen LogP contribution in [0.25, 0.3) is 0 Å². The number of rotatable bonds is 1. The van der Waals surface area contributed by atoms with Crippen molar-refractivity contribution in [1.82, 2.24) is 0 Å². The standard InChI is InChI=1S/C9H19NO3/c1-4(2)9-8(12)7(11)6(10)5(3)13-9/h4-9,11-12H,10H2,1-3H3/t5?,6-,7?,8+,9+/m1/s1. The van der Waals surface area contributed by atoms with E-state index in [1.165, 1.54) is 0 Å². The molecule has 0 amide bonds. The minimum Gasteiger partial charge on any atom is -0.389 e. The number of hydrogen-bond acceptors (Lipinski definition) is 4. The van der Waals surface area contributed by atoms with Crippen LogP contribution >= 0.6 is 0 Å². The summed E-state index contributed by atoms with van der Waals surface area (Å²) < 4.78 is 5.51. The molecule has 4 N–H and O–H groups in total. The second kappa shape index (κ2) is 3.92. The molecule has 78 valence electrons. The lowest BCUT2D eigenvalue weighted by atomic mass is 9.89. The van der Waals surface area contributed by atoms with Crippen molar-refractivity contribution in [2.45, 2.75) is 51.2 Å². The fourth-order valence-electron chi connectivity index (χ4n) is 1.67. The lowest BCUT2D eigenvalue weighted by Crippen LogP contribution is -2.61. The lowest BCUT2D eigenvalue weighted by molar-refractivity contribution is -0.186. The van der Waals surface area contributed by atoms with E-state index >= 15 is 0 Å². The molecule has 5 atom stereocenters. The normalized spacial score (nSPS) is 46.8. The number of hydrogen-bond donors (Lipinski definition) is 3. The van der Waals surface area contributed by atoms with Gasteiger partial charge >= 0.3 is 0 Å². The highest BCUT2D eigenvalue weighted by Gasteiger charge is 2.41. The summed E-state index contributed by atoms with van der Waals surface area (Å²) in [6, 6.07) is -0.495. The Labute approximate surface area is 78.7 Å². The molecule has 0 bridgehead atoms. The average Bonchev–Trinajstić information content (AvgIpc) is 2.07. The van der Waals surface area contributed by atoms with Crippen LogP contribution in [0.3, 0.4) is 0 Å². The Kier molecular flexibility index (Phi) is 3.29. The summed E-state index contributed by atoms with van der Waals surface area (Å²) in [6.07, 6.45) is -2.27. The molecular weight excluding hydrogens is 170 g/mol. The Morgan fingerprint density at radius 2 is 1.77 bits per heavy atom. The van der Waals surface area contributed by atoms with Crippen LogP contribution < -0.4 is 5.73 Å². The number of aliphatic hydroxyl groups excluding tert-OH is 2. The van der Waals surface area contributed by atoms with Crippen LogP contribution in [0.1, 0.15) is 20.8 Å². The van der Waals surface area contributed by atoms with Crippen molar-refractivity contribution in [1.29, 1.82) is 0 Å². The van der Waals surface area contributed by atoms with Crippen LogP contribution in [0.15, 0.2) is 0 Å². The third-order valence-corrected chi connectivity index (χ3v) is 2.65. The highest BCUT2D eigenvalue weighted by atomic mass is 16.5. The summed E-state index contributed by atoms with van der Waals surface area (Å²) in [5.41, 5.74) is 5.64. The Hall–Kier alpha value is -0.160. The first-order valence-electron chi connectivity index (χ1n) is 4.72. The van der Waals surface area contributed by atoms with E-state index in [-0.39, 0.29) is 18.1 Å². The van der Waals surface area contributed by atoms with Gasteiger partial charge in [0.05, 0.1) is 24.4 Å². The largest absolute Gasteiger partial charge is 0.389 e. The summed E-state index contributed by atoms with van der Waals surface area (Å²) in [7, 11) is 0. The van der Waals surface area contributed by atoms with Crippen molar-refractivity contribution in [2.24, 2.45) is 11.7 Å². The SMILES string of the molecule is CC1O[C@@H](C(C)C)[C@@H](O)C(O)[C@@H]1N. The van der Waals surface area contributed by atoms with Gasteiger partial charge in [0.15, 0.2) is 0 Å². The van der Waals surface area contributed by atoms with Gasteiger partial charge in [-0.3, -0.25) is 0 Å². The van der Waals surface area contributed by atoms with Gasteiger partial charge in [-0.2, -0.15) is 0 Å². The first kappa shape index (κ1) is 10.9. The number of ether oxygens (including phenoxy) is 1. The van der Waals surface area contributed by atoms with Crippen molar-refractivity contribution in [3.8, 4) is 0 Å². The number of aliphatic hydroxyl groups is 2. The van der Waals surface area contributed by atoms with Gasteiger partial charge in [-0.1, -0.05) is 13.8 Å². The molecular formula is C9H19NO3. The molecule has 13 heavy (non-hydrogen) atoms. The van der Waals surface area contributed by atoms with Gasteiger partial charge in [0.1, 0.15) is 6.10 Å². The summed E-state index contributed by atoms with van der Waals surface area (Å²) in [6.45, 7) is 5.71. The maximum absolute atomic E-state index is 9.64. The van der Waals surface area contributed by atoms with E-state index in [1.807, 2.05) is 20.8 Å². The molecule has 1 saturated heterocycles. The van der Waals surface area contributed by atoms with Crippen LogP contribution in [0.5, 0.6) is 0 Å². The zero-order valence-corrected chi connectivity index (χ0v) is 8.34. The fraction of sp³-hybridized carbons (Fsp3) is 1.00. The average molecular weight is 189 g/mol. The van der Waals surface area contributed by atoms with Gasteiger partial charge in [-0.05, 0) is 12.8 Å². The zero-order valence-electron chi connectivity index (χ0n) is 8.34. The molecule has 1 aliphatic heterocycles. The first-order valence-corrected chi connectivity index (χ1v) is 4.72. The van der Waals surface area contributed by atoms with Crippen LogP contribution in [0, 0.1) is 5.92 Å². The van der Waals surface area contributed by atoms with E-state index in [4.69, 9.17) is 10.5 Å². The Bertz CT molecular complexity index is 174. The molecule has 0 saturated carbocycles. The molecule has 0 aliphatic carbocycles. The molecule has 2 unspecified atom stereocenters. The van der Waals surface area contributed by atoms with Crippen molar-refractivity contribution in [3.63, 3.8) is 0 Å². The second-order valence-electron chi connectivity index (χ2n) is 4.11. The maximum atomic E-state index is 9.64. The molecule has 0 aromatic carbocycles.